The summed E-state index contributed by atoms with van der Waals surface area (Å²) in [6.07, 6.45) is 11.0. The summed E-state index contributed by atoms with van der Waals surface area (Å²) in [5.41, 5.74) is 3.34. The fourth-order valence-corrected chi connectivity index (χ4v) is 3.40. The zero-order chi connectivity index (χ0) is 20.0. The van der Waals surface area contributed by atoms with Gasteiger partial charge in [0.1, 0.15) is 5.76 Å². The largest absolute Gasteiger partial charge is 0.508 e. The number of aromatic hydroxyl groups is 1. The summed E-state index contributed by atoms with van der Waals surface area (Å²) < 4.78 is 5.04. The highest BCUT2D eigenvalue weighted by Crippen LogP contribution is 2.40. The van der Waals surface area contributed by atoms with Gasteiger partial charge < -0.3 is 14.9 Å². The number of hydrogen-bond donors (Lipinski definition) is 2. The van der Waals surface area contributed by atoms with Crippen LogP contribution in [0.15, 0.2) is 59.4 Å². The summed E-state index contributed by atoms with van der Waals surface area (Å²) in [4.78, 5) is 12.1. The van der Waals surface area contributed by atoms with E-state index >= 15 is 0 Å². The number of allylic oxidation sites excluding steroid dienone is 6. The molecule has 0 aliphatic heterocycles. The molecule has 0 atom stereocenters. The molecule has 0 amide bonds. The second kappa shape index (κ2) is 8.76. The van der Waals surface area contributed by atoms with E-state index in [0.29, 0.717) is 5.75 Å². The highest BCUT2D eigenvalue weighted by Gasteiger charge is 2.26. The molecule has 0 spiro atoms. The lowest BCUT2D eigenvalue weighted by Gasteiger charge is -2.32. The van der Waals surface area contributed by atoms with Crippen LogP contribution in [0.25, 0.3) is 6.08 Å². The standard InChI is InChI=1S/C23H28O4/c1-16-6-5-13-23(2,3)20(16)11-10-19(25)15-18(24)9-7-17-8-12-21(26)22(14-17)27-4/h7-12,14-15,24,26H,5-6,13H2,1-4H3/b9-7+,11-10+,18-15-. The van der Waals surface area contributed by atoms with Gasteiger partial charge >= 0.3 is 0 Å². The molecule has 144 valence electrons. The third kappa shape index (κ3) is 5.61. The second-order valence-corrected chi connectivity index (χ2v) is 7.50. The zero-order valence-electron chi connectivity index (χ0n) is 16.5. The van der Waals surface area contributed by atoms with Crippen LogP contribution in [0, 0.1) is 5.41 Å². The third-order valence-corrected chi connectivity index (χ3v) is 4.90. The molecule has 1 aliphatic rings. The molecule has 0 saturated carbocycles. The van der Waals surface area contributed by atoms with Gasteiger partial charge in [0.15, 0.2) is 17.3 Å². The van der Waals surface area contributed by atoms with E-state index in [1.165, 1.54) is 49.0 Å². The van der Waals surface area contributed by atoms with Crippen molar-refractivity contribution in [3.05, 3.63) is 65.0 Å². The fraction of sp³-hybridized carbons (Fsp3) is 0.348. The number of carbonyl (C=O) groups is 1. The Kier molecular flexibility index (Phi) is 6.67. The highest BCUT2D eigenvalue weighted by molar-refractivity contribution is 6.00. The number of benzene rings is 1. The minimum Gasteiger partial charge on any atom is -0.508 e. The van der Waals surface area contributed by atoms with Crippen LogP contribution in [0.5, 0.6) is 11.5 Å². The molecule has 0 aromatic heterocycles. The van der Waals surface area contributed by atoms with Crippen molar-refractivity contribution in [2.45, 2.75) is 40.0 Å². The van der Waals surface area contributed by atoms with E-state index < -0.39 is 0 Å². The number of rotatable bonds is 6. The molecule has 4 heteroatoms. The second-order valence-electron chi connectivity index (χ2n) is 7.50. The van der Waals surface area contributed by atoms with E-state index in [4.69, 9.17) is 4.74 Å². The summed E-state index contributed by atoms with van der Waals surface area (Å²) in [6, 6.07) is 4.83. The maximum atomic E-state index is 12.1. The van der Waals surface area contributed by atoms with Crippen LogP contribution in [-0.2, 0) is 4.79 Å². The average Bonchev–Trinajstić information content (AvgIpc) is 2.60. The average molecular weight is 368 g/mol. The molecule has 1 aromatic carbocycles. The van der Waals surface area contributed by atoms with Gasteiger partial charge in [-0.3, -0.25) is 4.79 Å². The van der Waals surface area contributed by atoms with Crippen molar-refractivity contribution in [3.63, 3.8) is 0 Å². The molecular formula is C23H28O4. The van der Waals surface area contributed by atoms with Gasteiger partial charge in [-0.15, -0.1) is 0 Å². The first kappa shape index (κ1) is 20.6. The van der Waals surface area contributed by atoms with Crippen molar-refractivity contribution in [1.29, 1.82) is 0 Å². The highest BCUT2D eigenvalue weighted by atomic mass is 16.5. The van der Waals surface area contributed by atoms with E-state index in [1.807, 2.05) is 6.08 Å². The number of phenolic OH excluding ortho intramolecular Hbond substituents is 1. The van der Waals surface area contributed by atoms with E-state index in [1.54, 1.807) is 18.2 Å². The van der Waals surface area contributed by atoms with E-state index in [2.05, 4.69) is 20.8 Å². The number of hydrogen-bond acceptors (Lipinski definition) is 4. The summed E-state index contributed by atoms with van der Waals surface area (Å²) in [5, 5.41) is 19.6. The first-order chi connectivity index (χ1) is 12.7. The Labute approximate surface area is 161 Å². The lowest BCUT2D eigenvalue weighted by atomic mass is 9.72. The van der Waals surface area contributed by atoms with Gasteiger partial charge in [-0.1, -0.05) is 37.6 Å². The minimum atomic E-state index is -0.262. The van der Waals surface area contributed by atoms with E-state index in [-0.39, 0.29) is 22.7 Å². The van der Waals surface area contributed by atoms with Gasteiger partial charge in [-0.2, -0.15) is 0 Å². The topological polar surface area (TPSA) is 66.8 Å². The predicted molar refractivity (Wildman–Crippen MR) is 109 cm³/mol. The Morgan fingerprint density at radius 3 is 2.63 bits per heavy atom. The molecule has 2 rings (SSSR count). The first-order valence-electron chi connectivity index (χ1n) is 9.11. The van der Waals surface area contributed by atoms with Gasteiger partial charge in [0.05, 0.1) is 7.11 Å². The minimum absolute atomic E-state index is 0.0463. The van der Waals surface area contributed by atoms with Gasteiger partial charge in [0.25, 0.3) is 0 Å². The normalized spacial score (nSPS) is 17.7. The lowest BCUT2D eigenvalue weighted by Crippen LogP contribution is -2.19. The Bertz CT molecular complexity index is 823. The molecule has 4 nitrogen and oxygen atoms in total. The molecule has 27 heavy (non-hydrogen) atoms. The van der Waals surface area contributed by atoms with E-state index in [9.17, 15) is 15.0 Å². The van der Waals surface area contributed by atoms with E-state index in [0.717, 1.165) is 18.4 Å². The Morgan fingerprint density at radius 1 is 1.22 bits per heavy atom. The van der Waals surface area contributed by atoms with Crippen LogP contribution in [0.2, 0.25) is 0 Å². The molecule has 0 bridgehead atoms. The van der Waals surface area contributed by atoms with Crippen molar-refractivity contribution in [2.75, 3.05) is 7.11 Å². The fourth-order valence-electron chi connectivity index (χ4n) is 3.40. The number of carbonyl (C=O) groups excluding carboxylic acids is 1. The molecule has 1 aliphatic carbocycles. The number of phenols is 1. The quantitative estimate of drug-likeness (QED) is 0.395. The van der Waals surface area contributed by atoms with Crippen LogP contribution in [0.3, 0.4) is 0 Å². The monoisotopic (exact) mass is 368 g/mol. The SMILES string of the molecule is COc1cc(/C=C/C(O)=C/C(=O)/C=C/C2=C(C)CCCC2(C)C)ccc1O. The summed E-state index contributed by atoms with van der Waals surface area (Å²) in [5.74, 6) is -0.00394. The number of ketones is 1. The van der Waals surface area contributed by atoms with Crippen molar-refractivity contribution in [1.82, 2.24) is 0 Å². The number of aliphatic hydroxyl groups is 1. The predicted octanol–water partition coefficient (Wildman–Crippen LogP) is 5.51. The van der Waals surface area contributed by atoms with Crippen molar-refractivity contribution in [2.24, 2.45) is 5.41 Å². The molecule has 0 radical (unpaired) electrons. The van der Waals surface area contributed by atoms with Crippen LogP contribution >= 0.6 is 0 Å². The maximum absolute atomic E-state index is 12.1. The van der Waals surface area contributed by atoms with Crippen molar-refractivity contribution in [3.8, 4) is 11.5 Å². The molecule has 0 saturated heterocycles. The van der Waals surface area contributed by atoms with Crippen LogP contribution < -0.4 is 4.74 Å². The third-order valence-electron chi connectivity index (χ3n) is 4.90. The molecule has 0 heterocycles. The number of aliphatic hydroxyl groups excluding tert-OH is 1. The molecule has 1 aromatic rings. The van der Waals surface area contributed by atoms with Gasteiger partial charge in [0.2, 0.25) is 0 Å². The Balaban J connectivity index is 2.08. The summed E-state index contributed by atoms with van der Waals surface area (Å²) in [6.45, 7) is 6.51. The van der Waals surface area contributed by atoms with Gasteiger partial charge in [0, 0.05) is 6.08 Å². The van der Waals surface area contributed by atoms with Gasteiger partial charge in [-0.25, -0.2) is 0 Å². The Morgan fingerprint density at radius 2 is 1.96 bits per heavy atom. The zero-order valence-corrected chi connectivity index (χ0v) is 16.5. The lowest BCUT2D eigenvalue weighted by molar-refractivity contribution is -0.110. The maximum Gasteiger partial charge on any atom is 0.182 e. The smallest absolute Gasteiger partial charge is 0.182 e. The molecular weight excluding hydrogens is 340 g/mol. The van der Waals surface area contributed by atoms with Crippen LogP contribution in [-0.4, -0.2) is 23.1 Å². The Hall–Kier alpha value is -2.75. The van der Waals surface area contributed by atoms with Crippen molar-refractivity contribution >= 4 is 11.9 Å². The number of ether oxygens (including phenoxy) is 1. The van der Waals surface area contributed by atoms with Crippen LogP contribution in [0.4, 0.5) is 0 Å². The molecule has 0 unspecified atom stereocenters. The van der Waals surface area contributed by atoms with Crippen molar-refractivity contribution < 1.29 is 19.7 Å². The van der Waals surface area contributed by atoms with Crippen LogP contribution in [0.1, 0.15) is 45.6 Å². The summed E-state index contributed by atoms with van der Waals surface area (Å²) >= 11 is 0. The van der Waals surface area contributed by atoms with Gasteiger partial charge in [-0.05, 0) is 67.0 Å². The first-order valence-corrected chi connectivity index (χ1v) is 9.11. The molecule has 0 fully saturated rings. The molecule has 2 N–H and O–H groups in total. The summed E-state index contributed by atoms with van der Waals surface area (Å²) in [7, 11) is 1.47. The number of methoxy groups -OCH3 is 1.